The van der Waals surface area contributed by atoms with Gasteiger partial charge in [0.1, 0.15) is 6.07 Å². The normalized spacial score (nSPS) is 11.8. The molecule has 0 radical (unpaired) electrons. The van der Waals surface area contributed by atoms with E-state index in [1.54, 1.807) is 11.3 Å². The van der Waals surface area contributed by atoms with Gasteiger partial charge in [-0.15, -0.1) is 11.3 Å². The van der Waals surface area contributed by atoms with Crippen LogP contribution in [0.3, 0.4) is 0 Å². The molecule has 0 aliphatic carbocycles. The first kappa shape index (κ1) is 12.6. The summed E-state index contributed by atoms with van der Waals surface area (Å²) in [5, 5.41) is 11.5. The lowest BCUT2D eigenvalue weighted by Crippen LogP contribution is -1.95. The van der Waals surface area contributed by atoms with Gasteiger partial charge in [-0.2, -0.15) is 5.26 Å². The van der Waals surface area contributed by atoms with E-state index in [9.17, 15) is 5.26 Å². The van der Waals surface area contributed by atoms with E-state index in [4.69, 9.17) is 0 Å². The number of aromatic nitrogens is 2. The lowest BCUT2D eigenvalue weighted by atomic mass is 10.2. The minimum absolute atomic E-state index is 0.592. The summed E-state index contributed by atoms with van der Waals surface area (Å²) in [6, 6.07) is 12.2. The van der Waals surface area contributed by atoms with Crippen molar-refractivity contribution in [3.05, 3.63) is 52.0 Å². The minimum Gasteiger partial charge on any atom is -0.327 e. The van der Waals surface area contributed by atoms with Gasteiger partial charge < -0.3 is 4.57 Å². The van der Waals surface area contributed by atoms with Crippen LogP contribution in [0.15, 0.2) is 35.7 Å². The number of benzene rings is 1. The zero-order valence-corrected chi connectivity index (χ0v) is 12.1. The van der Waals surface area contributed by atoms with E-state index >= 15 is 0 Å². The Bertz CT molecular complexity index is 846. The predicted molar refractivity (Wildman–Crippen MR) is 83.3 cm³/mol. The first-order valence-electron chi connectivity index (χ1n) is 6.28. The molecule has 0 saturated heterocycles. The maximum absolute atomic E-state index is 9.45. The molecule has 0 spiro atoms. The third-order valence-corrected chi connectivity index (χ3v) is 4.29. The van der Waals surface area contributed by atoms with Crippen LogP contribution in [0.25, 0.3) is 22.7 Å². The monoisotopic (exact) mass is 279 g/mol. The van der Waals surface area contributed by atoms with Gasteiger partial charge in [-0.1, -0.05) is 12.1 Å². The van der Waals surface area contributed by atoms with Crippen LogP contribution < -0.4 is 0 Å². The second-order valence-electron chi connectivity index (χ2n) is 4.62. The fraction of sp³-hybridized carbons (Fsp3) is 0.125. The molecule has 98 valence electrons. The standard InChI is InChI=1S/C16H13N3S/c1-11-7-8-20-15(11)9-12(10-17)16-18-13-5-3-4-6-14(13)19(16)2/h3-9H,1-2H3/b12-9+. The number of rotatable bonds is 2. The SMILES string of the molecule is Cc1ccsc1/C=C(\C#N)c1nc2ccccc2n1C. The molecule has 2 heterocycles. The molecular weight excluding hydrogens is 266 g/mol. The first-order chi connectivity index (χ1) is 9.70. The Morgan fingerprint density at radius 1 is 1.35 bits per heavy atom. The number of imidazole rings is 1. The van der Waals surface area contributed by atoms with Crippen molar-refractivity contribution in [1.82, 2.24) is 9.55 Å². The molecule has 1 aromatic carbocycles. The van der Waals surface area contributed by atoms with Gasteiger partial charge in [0, 0.05) is 11.9 Å². The quantitative estimate of drug-likeness (QED) is 0.665. The molecule has 3 nitrogen and oxygen atoms in total. The molecule has 0 saturated carbocycles. The minimum atomic E-state index is 0.592. The predicted octanol–water partition coefficient (Wildman–Crippen LogP) is 4.01. The fourth-order valence-electron chi connectivity index (χ4n) is 2.20. The van der Waals surface area contributed by atoms with E-state index in [1.165, 1.54) is 5.56 Å². The summed E-state index contributed by atoms with van der Waals surface area (Å²) in [6.45, 7) is 2.05. The molecule has 0 N–H and O–H groups in total. The Labute approximate surface area is 121 Å². The van der Waals surface area contributed by atoms with Crippen molar-refractivity contribution in [2.24, 2.45) is 7.05 Å². The van der Waals surface area contributed by atoms with E-state index < -0.39 is 0 Å². The van der Waals surface area contributed by atoms with Crippen LogP contribution in [0.1, 0.15) is 16.3 Å². The topological polar surface area (TPSA) is 41.6 Å². The average Bonchev–Trinajstić information content (AvgIpc) is 3.01. The molecule has 4 heteroatoms. The third kappa shape index (κ3) is 2.02. The molecule has 0 atom stereocenters. The van der Waals surface area contributed by atoms with Crippen molar-refractivity contribution in [3.8, 4) is 6.07 Å². The van der Waals surface area contributed by atoms with E-state index in [-0.39, 0.29) is 0 Å². The summed E-state index contributed by atoms with van der Waals surface area (Å²) < 4.78 is 1.97. The van der Waals surface area contributed by atoms with Crippen LogP contribution in [0.4, 0.5) is 0 Å². The van der Waals surface area contributed by atoms with Crippen LogP contribution in [0.2, 0.25) is 0 Å². The van der Waals surface area contributed by atoms with Crippen molar-refractivity contribution in [2.45, 2.75) is 6.92 Å². The molecule has 0 aliphatic rings. The van der Waals surface area contributed by atoms with Crippen molar-refractivity contribution in [2.75, 3.05) is 0 Å². The maximum atomic E-state index is 9.45. The van der Waals surface area contributed by atoms with E-state index in [2.05, 4.69) is 17.1 Å². The molecule has 20 heavy (non-hydrogen) atoms. The number of hydrogen-bond donors (Lipinski definition) is 0. The van der Waals surface area contributed by atoms with Crippen molar-refractivity contribution in [3.63, 3.8) is 0 Å². The van der Waals surface area contributed by atoms with Crippen molar-refractivity contribution in [1.29, 1.82) is 5.26 Å². The largest absolute Gasteiger partial charge is 0.327 e. The lowest BCUT2D eigenvalue weighted by molar-refractivity contribution is 0.925. The van der Waals surface area contributed by atoms with Gasteiger partial charge in [-0.25, -0.2) is 4.98 Å². The second-order valence-corrected chi connectivity index (χ2v) is 5.57. The average molecular weight is 279 g/mol. The number of aryl methyl sites for hydroxylation is 2. The van der Waals surface area contributed by atoms with Crippen LogP contribution in [-0.2, 0) is 7.05 Å². The lowest BCUT2D eigenvalue weighted by Gasteiger charge is -2.00. The number of hydrogen-bond acceptors (Lipinski definition) is 3. The highest BCUT2D eigenvalue weighted by molar-refractivity contribution is 7.11. The Balaban J connectivity index is 2.18. The van der Waals surface area contributed by atoms with Gasteiger partial charge in [-0.05, 0) is 42.1 Å². The summed E-state index contributed by atoms with van der Waals surface area (Å²) in [4.78, 5) is 5.68. The van der Waals surface area contributed by atoms with Crippen molar-refractivity contribution >= 4 is 34.0 Å². The van der Waals surface area contributed by atoms with Gasteiger partial charge in [0.2, 0.25) is 0 Å². The number of nitriles is 1. The molecule has 2 aromatic heterocycles. The van der Waals surface area contributed by atoms with Gasteiger partial charge in [0.05, 0.1) is 16.6 Å². The zero-order valence-electron chi connectivity index (χ0n) is 11.3. The van der Waals surface area contributed by atoms with Crippen LogP contribution in [0.5, 0.6) is 0 Å². The van der Waals surface area contributed by atoms with Gasteiger partial charge in [0.15, 0.2) is 5.82 Å². The molecule has 0 bridgehead atoms. The molecule has 0 fully saturated rings. The number of para-hydroxylation sites is 2. The van der Waals surface area contributed by atoms with Gasteiger partial charge >= 0.3 is 0 Å². The van der Waals surface area contributed by atoms with E-state index in [0.29, 0.717) is 11.4 Å². The van der Waals surface area contributed by atoms with Gasteiger partial charge in [0.25, 0.3) is 0 Å². The molecule has 0 unspecified atom stereocenters. The highest BCUT2D eigenvalue weighted by Gasteiger charge is 2.12. The summed E-state index contributed by atoms with van der Waals surface area (Å²) in [5.74, 6) is 0.710. The number of fused-ring (bicyclic) bond motifs is 1. The Morgan fingerprint density at radius 3 is 2.80 bits per heavy atom. The highest BCUT2D eigenvalue weighted by atomic mass is 32.1. The number of thiophene rings is 1. The Morgan fingerprint density at radius 2 is 2.15 bits per heavy atom. The smallest absolute Gasteiger partial charge is 0.151 e. The molecule has 3 aromatic rings. The van der Waals surface area contributed by atoms with E-state index in [0.717, 1.165) is 15.9 Å². The fourth-order valence-corrected chi connectivity index (χ4v) is 3.06. The van der Waals surface area contributed by atoms with Crippen LogP contribution >= 0.6 is 11.3 Å². The number of nitrogens with zero attached hydrogens (tertiary/aromatic N) is 3. The summed E-state index contributed by atoms with van der Waals surface area (Å²) in [7, 11) is 1.94. The molecule has 0 amide bonds. The number of allylic oxidation sites excluding steroid dienone is 1. The maximum Gasteiger partial charge on any atom is 0.151 e. The van der Waals surface area contributed by atoms with E-state index in [1.807, 2.05) is 54.3 Å². The van der Waals surface area contributed by atoms with Crippen molar-refractivity contribution < 1.29 is 0 Å². The Hall–Kier alpha value is -2.38. The highest BCUT2D eigenvalue weighted by Crippen LogP contribution is 2.25. The summed E-state index contributed by atoms with van der Waals surface area (Å²) >= 11 is 1.64. The third-order valence-electron chi connectivity index (χ3n) is 3.33. The van der Waals surface area contributed by atoms with Gasteiger partial charge in [-0.3, -0.25) is 0 Å². The molecular formula is C16H13N3S. The Kier molecular flexibility index (Phi) is 3.13. The first-order valence-corrected chi connectivity index (χ1v) is 7.16. The summed E-state index contributed by atoms with van der Waals surface area (Å²) in [6.07, 6.45) is 1.92. The zero-order chi connectivity index (χ0) is 14.1. The molecule has 0 aliphatic heterocycles. The second kappa shape index (κ2) is 4.95. The molecule has 3 rings (SSSR count). The van der Waals surface area contributed by atoms with Crippen LogP contribution in [0, 0.1) is 18.3 Å². The summed E-state index contributed by atoms with van der Waals surface area (Å²) in [5.41, 5.74) is 3.72. The van der Waals surface area contributed by atoms with Crippen LogP contribution in [-0.4, -0.2) is 9.55 Å².